The van der Waals surface area contributed by atoms with Crippen molar-refractivity contribution >= 4 is 17.3 Å². The third kappa shape index (κ3) is 2.43. The van der Waals surface area contributed by atoms with E-state index in [9.17, 15) is 0 Å². The molecule has 1 unspecified atom stereocenters. The summed E-state index contributed by atoms with van der Waals surface area (Å²) in [7, 11) is 0. The fourth-order valence-corrected chi connectivity index (χ4v) is 1.53. The van der Waals surface area contributed by atoms with E-state index in [-0.39, 0.29) is 6.04 Å². The number of hydrogen-bond acceptors (Lipinski definition) is 1. The van der Waals surface area contributed by atoms with E-state index in [1.807, 2.05) is 32.0 Å². The molecular formula is C12H14ClN. The van der Waals surface area contributed by atoms with Crippen molar-refractivity contribution in [2.75, 3.05) is 5.32 Å². The van der Waals surface area contributed by atoms with Gasteiger partial charge in [-0.3, -0.25) is 0 Å². The Labute approximate surface area is 90.5 Å². The average Bonchev–Trinajstić information content (AvgIpc) is 2.18. The van der Waals surface area contributed by atoms with Crippen LogP contribution in [0.3, 0.4) is 0 Å². The molecule has 0 spiro atoms. The van der Waals surface area contributed by atoms with Crippen molar-refractivity contribution in [3.8, 4) is 12.3 Å². The minimum atomic E-state index is 0.0496. The second-order valence-electron chi connectivity index (χ2n) is 3.20. The van der Waals surface area contributed by atoms with Crippen molar-refractivity contribution < 1.29 is 0 Å². The maximum Gasteiger partial charge on any atom is 0.0872 e. The molecular weight excluding hydrogens is 194 g/mol. The maximum atomic E-state index is 6.06. The number of benzene rings is 1. The van der Waals surface area contributed by atoms with Crippen LogP contribution in [-0.4, -0.2) is 6.04 Å². The zero-order chi connectivity index (χ0) is 10.6. The van der Waals surface area contributed by atoms with Gasteiger partial charge in [-0.05, 0) is 25.0 Å². The molecule has 0 fully saturated rings. The van der Waals surface area contributed by atoms with Crippen molar-refractivity contribution in [1.82, 2.24) is 0 Å². The lowest BCUT2D eigenvalue weighted by Gasteiger charge is -2.15. The molecule has 74 valence electrons. The molecule has 0 aliphatic rings. The van der Waals surface area contributed by atoms with Crippen molar-refractivity contribution in [2.45, 2.75) is 26.3 Å². The van der Waals surface area contributed by atoms with Crippen LogP contribution < -0.4 is 5.32 Å². The summed E-state index contributed by atoms with van der Waals surface area (Å²) >= 11 is 6.06. The number of aryl methyl sites for hydroxylation is 1. The molecule has 0 heterocycles. The van der Waals surface area contributed by atoms with Gasteiger partial charge < -0.3 is 5.32 Å². The second-order valence-corrected chi connectivity index (χ2v) is 3.61. The van der Waals surface area contributed by atoms with Crippen molar-refractivity contribution in [3.63, 3.8) is 0 Å². The molecule has 1 rings (SSSR count). The zero-order valence-corrected chi connectivity index (χ0v) is 9.23. The SMILES string of the molecule is C#CC(CC)Nc1c(C)cccc1Cl. The van der Waals surface area contributed by atoms with Crippen LogP contribution in [-0.2, 0) is 0 Å². The molecule has 14 heavy (non-hydrogen) atoms. The van der Waals surface area contributed by atoms with E-state index in [2.05, 4.69) is 11.2 Å². The second kappa shape index (κ2) is 4.93. The van der Waals surface area contributed by atoms with E-state index in [0.717, 1.165) is 22.7 Å². The summed E-state index contributed by atoms with van der Waals surface area (Å²) in [5, 5.41) is 3.97. The van der Waals surface area contributed by atoms with Crippen molar-refractivity contribution in [1.29, 1.82) is 0 Å². The average molecular weight is 208 g/mol. The van der Waals surface area contributed by atoms with Crippen LogP contribution in [0.1, 0.15) is 18.9 Å². The largest absolute Gasteiger partial charge is 0.370 e. The highest BCUT2D eigenvalue weighted by atomic mass is 35.5. The van der Waals surface area contributed by atoms with Gasteiger partial charge in [0.1, 0.15) is 0 Å². The third-order valence-electron chi connectivity index (χ3n) is 2.15. The van der Waals surface area contributed by atoms with Gasteiger partial charge in [0.2, 0.25) is 0 Å². The number of halogens is 1. The summed E-state index contributed by atoms with van der Waals surface area (Å²) in [6, 6.07) is 5.85. The van der Waals surface area contributed by atoms with Gasteiger partial charge in [0, 0.05) is 0 Å². The lowest BCUT2D eigenvalue weighted by atomic mass is 10.1. The summed E-state index contributed by atoms with van der Waals surface area (Å²) in [6.07, 6.45) is 6.27. The molecule has 0 bridgehead atoms. The number of rotatable bonds is 3. The molecule has 0 aliphatic carbocycles. The van der Waals surface area contributed by atoms with Crippen LogP contribution >= 0.6 is 11.6 Å². The van der Waals surface area contributed by atoms with E-state index in [1.165, 1.54) is 0 Å². The van der Waals surface area contributed by atoms with Crippen LogP contribution in [0.5, 0.6) is 0 Å². The Hall–Kier alpha value is -1.13. The number of hydrogen-bond donors (Lipinski definition) is 1. The Morgan fingerprint density at radius 3 is 2.79 bits per heavy atom. The fraction of sp³-hybridized carbons (Fsp3) is 0.333. The predicted octanol–water partition coefficient (Wildman–Crippen LogP) is 3.47. The van der Waals surface area contributed by atoms with Gasteiger partial charge in [0.05, 0.1) is 16.8 Å². The first-order valence-corrected chi connectivity index (χ1v) is 5.04. The number of anilines is 1. The Balaban J connectivity index is 2.91. The molecule has 1 atom stereocenters. The number of para-hydroxylation sites is 1. The quantitative estimate of drug-likeness (QED) is 0.749. The Morgan fingerprint density at radius 2 is 2.29 bits per heavy atom. The lowest BCUT2D eigenvalue weighted by Crippen LogP contribution is -2.16. The fourth-order valence-electron chi connectivity index (χ4n) is 1.25. The molecule has 0 aromatic heterocycles. The van der Waals surface area contributed by atoms with Crippen LogP contribution in [0.15, 0.2) is 18.2 Å². The Morgan fingerprint density at radius 1 is 1.57 bits per heavy atom. The third-order valence-corrected chi connectivity index (χ3v) is 2.46. The van der Waals surface area contributed by atoms with Crippen LogP contribution in [0.4, 0.5) is 5.69 Å². The van der Waals surface area contributed by atoms with Gasteiger partial charge >= 0.3 is 0 Å². The molecule has 1 aromatic rings. The van der Waals surface area contributed by atoms with Crippen molar-refractivity contribution in [3.05, 3.63) is 28.8 Å². The van der Waals surface area contributed by atoms with Gasteiger partial charge in [0.25, 0.3) is 0 Å². The summed E-state index contributed by atoms with van der Waals surface area (Å²) < 4.78 is 0. The predicted molar refractivity (Wildman–Crippen MR) is 62.7 cm³/mol. The molecule has 1 nitrogen and oxygen atoms in total. The van der Waals surface area contributed by atoms with Gasteiger partial charge in [-0.2, -0.15) is 0 Å². The van der Waals surface area contributed by atoms with E-state index in [1.54, 1.807) is 0 Å². The lowest BCUT2D eigenvalue weighted by molar-refractivity contribution is 0.856. The highest BCUT2D eigenvalue weighted by Crippen LogP contribution is 2.26. The maximum absolute atomic E-state index is 6.06. The first-order chi connectivity index (χ1) is 6.69. The van der Waals surface area contributed by atoms with Gasteiger partial charge in [-0.25, -0.2) is 0 Å². The van der Waals surface area contributed by atoms with Crippen LogP contribution in [0.2, 0.25) is 5.02 Å². The van der Waals surface area contributed by atoms with Crippen LogP contribution in [0.25, 0.3) is 0 Å². The standard InChI is InChI=1S/C12H14ClN/c1-4-10(5-2)14-12-9(3)7-6-8-11(12)13/h1,6-8,10,14H,5H2,2-3H3. The Bertz CT molecular complexity index is 332. The molecule has 0 saturated heterocycles. The van der Waals surface area contributed by atoms with E-state index in [0.29, 0.717) is 0 Å². The molecule has 1 aromatic carbocycles. The van der Waals surface area contributed by atoms with E-state index in [4.69, 9.17) is 18.0 Å². The monoisotopic (exact) mass is 207 g/mol. The molecule has 0 aliphatic heterocycles. The zero-order valence-electron chi connectivity index (χ0n) is 8.47. The summed E-state index contributed by atoms with van der Waals surface area (Å²) in [6.45, 7) is 4.06. The molecule has 0 amide bonds. The molecule has 0 saturated carbocycles. The van der Waals surface area contributed by atoms with Gasteiger partial charge in [-0.15, -0.1) is 6.42 Å². The number of terminal acetylenes is 1. The first-order valence-electron chi connectivity index (χ1n) is 4.66. The highest BCUT2D eigenvalue weighted by Gasteiger charge is 2.07. The summed E-state index contributed by atoms with van der Waals surface area (Å²) in [4.78, 5) is 0. The smallest absolute Gasteiger partial charge is 0.0872 e. The highest BCUT2D eigenvalue weighted by molar-refractivity contribution is 6.33. The molecule has 2 heteroatoms. The minimum Gasteiger partial charge on any atom is -0.370 e. The van der Waals surface area contributed by atoms with Gasteiger partial charge in [0.15, 0.2) is 0 Å². The normalized spacial score (nSPS) is 11.9. The number of nitrogens with one attached hydrogen (secondary N) is 1. The first kappa shape index (κ1) is 10.9. The topological polar surface area (TPSA) is 12.0 Å². The van der Waals surface area contributed by atoms with Crippen LogP contribution in [0, 0.1) is 19.3 Å². The minimum absolute atomic E-state index is 0.0496. The molecule has 0 radical (unpaired) electrons. The molecule has 1 N–H and O–H groups in total. The van der Waals surface area contributed by atoms with Crippen molar-refractivity contribution in [2.24, 2.45) is 0 Å². The van der Waals surface area contributed by atoms with Gasteiger partial charge in [-0.1, -0.05) is 36.6 Å². The van der Waals surface area contributed by atoms with E-state index < -0.39 is 0 Å². The summed E-state index contributed by atoms with van der Waals surface area (Å²) in [5.41, 5.74) is 2.06. The summed E-state index contributed by atoms with van der Waals surface area (Å²) in [5.74, 6) is 2.68. The van der Waals surface area contributed by atoms with E-state index >= 15 is 0 Å². The Kier molecular flexibility index (Phi) is 3.85.